The molecule has 0 aliphatic heterocycles. The second kappa shape index (κ2) is 6.40. The van der Waals surface area contributed by atoms with Crippen LogP contribution in [-0.4, -0.2) is 11.8 Å². The smallest absolute Gasteiger partial charge is 0.240 e. The molecule has 1 aliphatic carbocycles. The molecule has 0 atom stereocenters. The zero-order chi connectivity index (χ0) is 17.3. The summed E-state index contributed by atoms with van der Waals surface area (Å²) in [4.78, 5) is 25.3. The summed E-state index contributed by atoms with van der Waals surface area (Å²) < 4.78 is 0.811. The van der Waals surface area contributed by atoms with Crippen LogP contribution in [0.4, 0.5) is 11.4 Å². The first-order valence-corrected chi connectivity index (χ1v) is 8.66. The molecule has 1 fully saturated rings. The fraction of sp³-hybridized carbons (Fsp3) is 0.263. The van der Waals surface area contributed by atoms with Gasteiger partial charge in [-0.15, -0.1) is 0 Å². The van der Waals surface area contributed by atoms with E-state index >= 15 is 0 Å². The summed E-state index contributed by atoms with van der Waals surface area (Å²) in [7, 11) is 0. The topological polar surface area (TPSA) is 58.2 Å². The monoisotopic (exact) mass is 386 g/mol. The molecule has 0 radical (unpaired) electrons. The van der Waals surface area contributed by atoms with Crippen LogP contribution in [0.2, 0.25) is 0 Å². The van der Waals surface area contributed by atoms with Crippen molar-refractivity contribution >= 4 is 39.1 Å². The summed E-state index contributed by atoms with van der Waals surface area (Å²) >= 11 is 3.45. The number of nitrogens with one attached hydrogen (secondary N) is 2. The van der Waals surface area contributed by atoms with E-state index in [0.717, 1.165) is 21.3 Å². The number of carbonyl (C=O) groups excluding carboxylic acids is 2. The number of para-hydroxylation sites is 1. The quantitative estimate of drug-likeness (QED) is 0.763. The third-order valence-corrected chi connectivity index (χ3v) is 5.04. The number of carbonyl (C=O) groups is 2. The van der Waals surface area contributed by atoms with Crippen molar-refractivity contribution in [1.82, 2.24) is 0 Å². The molecule has 0 aromatic heterocycles. The summed E-state index contributed by atoms with van der Waals surface area (Å²) in [6, 6.07) is 13.3. The zero-order valence-electron chi connectivity index (χ0n) is 13.7. The third-order valence-electron chi connectivity index (χ3n) is 4.39. The molecular formula is C19H19BrN2O2. The number of hydrogen-bond donors (Lipinski definition) is 2. The molecule has 5 heteroatoms. The Morgan fingerprint density at radius 1 is 0.958 bits per heavy atom. The molecule has 3 rings (SSSR count). The maximum Gasteiger partial charge on any atom is 0.240 e. The van der Waals surface area contributed by atoms with Crippen molar-refractivity contribution in [2.24, 2.45) is 5.41 Å². The summed E-state index contributed by atoms with van der Waals surface area (Å²) in [6.45, 7) is 3.91. The van der Waals surface area contributed by atoms with Gasteiger partial charge in [-0.05, 0) is 71.9 Å². The van der Waals surface area contributed by atoms with Crippen molar-refractivity contribution in [3.63, 3.8) is 0 Å². The second-order valence-corrected chi connectivity index (χ2v) is 7.14. The van der Waals surface area contributed by atoms with Gasteiger partial charge in [0.1, 0.15) is 5.41 Å². The van der Waals surface area contributed by atoms with Crippen molar-refractivity contribution in [2.45, 2.75) is 26.7 Å². The van der Waals surface area contributed by atoms with Crippen LogP contribution in [0.3, 0.4) is 0 Å². The highest BCUT2D eigenvalue weighted by molar-refractivity contribution is 9.10. The average molecular weight is 387 g/mol. The fourth-order valence-corrected chi connectivity index (χ4v) is 3.19. The van der Waals surface area contributed by atoms with Crippen molar-refractivity contribution in [3.05, 3.63) is 58.1 Å². The first-order chi connectivity index (χ1) is 11.4. The fourth-order valence-electron chi connectivity index (χ4n) is 2.60. The van der Waals surface area contributed by atoms with Crippen molar-refractivity contribution in [3.8, 4) is 0 Å². The van der Waals surface area contributed by atoms with E-state index in [0.29, 0.717) is 18.5 Å². The Hall–Kier alpha value is -2.14. The standard InChI is InChI=1S/C19H19BrN2O2/c1-12-7-8-16(14(20)11-12)22-18(24)19(9-10-19)17(23)21-15-6-4-3-5-13(15)2/h3-8,11H,9-10H2,1-2H3,(H,21,23)(H,22,24). The Kier molecular flexibility index (Phi) is 4.45. The van der Waals surface area contributed by atoms with Crippen molar-refractivity contribution in [2.75, 3.05) is 10.6 Å². The highest BCUT2D eigenvalue weighted by atomic mass is 79.9. The Balaban J connectivity index is 1.74. The van der Waals surface area contributed by atoms with Crippen LogP contribution in [0.15, 0.2) is 46.9 Å². The van der Waals surface area contributed by atoms with Crippen LogP contribution in [-0.2, 0) is 9.59 Å². The third kappa shape index (κ3) is 3.22. The predicted octanol–water partition coefficient (Wildman–Crippen LogP) is 4.42. The molecule has 4 nitrogen and oxygen atoms in total. The van der Waals surface area contributed by atoms with Gasteiger partial charge in [-0.25, -0.2) is 0 Å². The van der Waals surface area contributed by atoms with E-state index < -0.39 is 5.41 Å². The molecule has 2 aromatic rings. The average Bonchev–Trinajstić information content (AvgIpc) is 3.34. The van der Waals surface area contributed by atoms with Gasteiger partial charge >= 0.3 is 0 Å². The van der Waals surface area contributed by atoms with Gasteiger partial charge in [-0.1, -0.05) is 24.3 Å². The van der Waals surface area contributed by atoms with Crippen LogP contribution < -0.4 is 10.6 Å². The summed E-state index contributed by atoms with van der Waals surface area (Å²) in [6.07, 6.45) is 1.14. The molecular weight excluding hydrogens is 368 g/mol. The van der Waals surface area contributed by atoms with Crippen LogP contribution in [0.25, 0.3) is 0 Å². The van der Waals surface area contributed by atoms with E-state index in [2.05, 4.69) is 26.6 Å². The molecule has 2 N–H and O–H groups in total. The molecule has 124 valence electrons. The van der Waals surface area contributed by atoms with Gasteiger partial charge in [-0.3, -0.25) is 9.59 Å². The lowest BCUT2D eigenvalue weighted by Crippen LogP contribution is -2.35. The van der Waals surface area contributed by atoms with Crippen LogP contribution in [0, 0.1) is 19.3 Å². The highest BCUT2D eigenvalue weighted by Crippen LogP contribution is 2.48. The summed E-state index contributed by atoms with van der Waals surface area (Å²) in [5.41, 5.74) is 2.53. The molecule has 0 bridgehead atoms. The molecule has 1 aliphatic rings. The first-order valence-electron chi connectivity index (χ1n) is 7.87. The maximum absolute atomic E-state index is 12.7. The van der Waals surface area contributed by atoms with Gasteiger partial charge in [0, 0.05) is 10.2 Å². The molecule has 2 amide bonds. The molecule has 1 saturated carbocycles. The van der Waals surface area contributed by atoms with Gasteiger partial charge in [0.15, 0.2) is 0 Å². The van der Waals surface area contributed by atoms with Gasteiger partial charge in [0.05, 0.1) is 5.69 Å². The minimum Gasteiger partial charge on any atom is -0.325 e. The number of hydrogen-bond acceptors (Lipinski definition) is 2. The van der Waals surface area contributed by atoms with Crippen LogP contribution in [0.5, 0.6) is 0 Å². The summed E-state index contributed by atoms with van der Waals surface area (Å²) in [5, 5.41) is 5.77. The Bertz CT molecular complexity index is 813. The molecule has 2 aromatic carbocycles. The maximum atomic E-state index is 12.7. The van der Waals surface area contributed by atoms with Gasteiger partial charge in [-0.2, -0.15) is 0 Å². The van der Waals surface area contributed by atoms with Gasteiger partial charge in [0.25, 0.3) is 0 Å². The minimum absolute atomic E-state index is 0.238. The van der Waals surface area contributed by atoms with E-state index in [1.165, 1.54) is 0 Å². The molecule has 0 heterocycles. The molecule has 0 saturated heterocycles. The number of amides is 2. The SMILES string of the molecule is Cc1ccc(NC(=O)C2(C(=O)Nc3ccccc3C)CC2)c(Br)c1. The Morgan fingerprint density at radius 2 is 1.58 bits per heavy atom. The Labute approximate surface area is 149 Å². The van der Waals surface area contributed by atoms with E-state index in [1.807, 2.05) is 56.3 Å². The van der Waals surface area contributed by atoms with E-state index in [4.69, 9.17) is 0 Å². The second-order valence-electron chi connectivity index (χ2n) is 6.29. The van der Waals surface area contributed by atoms with Crippen LogP contribution >= 0.6 is 15.9 Å². The van der Waals surface area contributed by atoms with E-state index in [9.17, 15) is 9.59 Å². The number of aryl methyl sites for hydroxylation is 2. The minimum atomic E-state index is -0.966. The van der Waals surface area contributed by atoms with E-state index in [1.54, 1.807) is 0 Å². The lowest BCUT2D eigenvalue weighted by atomic mass is 10.0. The lowest BCUT2D eigenvalue weighted by Gasteiger charge is -2.17. The number of anilines is 2. The summed E-state index contributed by atoms with van der Waals surface area (Å²) in [5.74, 6) is -0.490. The van der Waals surface area contributed by atoms with Crippen molar-refractivity contribution in [1.29, 1.82) is 0 Å². The van der Waals surface area contributed by atoms with Gasteiger partial charge < -0.3 is 10.6 Å². The first kappa shape index (κ1) is 16.7. The lowest BCUT2D eigenvalue weighted by molar-refractivity contribution is -0.131. The highest BCUT2D eigenvalue weighted by Gasteiger charge is 2.56. The largest absolute Gasteiger partial charge is 0.325 e. The Morgan fingerprint density at radius 3 is 2.17 bits per heavy atom. The predicted molar refractivity (Wildman–Crippen MR) is 99.0 cm³/mol. The van der Waals surface area contributed by atoms with Gasteiger partial charge in [0.2, 0.25) is 11.8 Å². The molecule has 24 heavy (non-hydrogen) atoms. The number of rotatable bonds is 4. The van der Waals surface area contributed by atoms with Crippen LogP contribution in [0.1, 0.15) is 24.0 Å². The number of halogens is 1. The van der Waals surface area contributed by atoms with E-state index in [-0.39, 0.29) is 11.8 Å². The molecule has 0 spiro atoms. The van der Waals surface area contributed by atoms with Crippen molar-refractivity contribution < 1.29 is 9.59 Å². The number of benzene rings is 2. The molecule has 0 unspecified atom stereocenters. The zero-order valence-corrected chi connectivity index (χ0v) is 15.2. The normalized spacial score (nSPS) is 14.8.